The molecule has 5 rings (SSSR count). The van der Waals surface area contributed by atoms with Crippen LogP contribution in [0.2, 0.25) is 0 Å². The molecule has 2 aromatic heterocycles. The first kappa shape index (κ1) is 17.7. The van der Waals surface area contributed by atoms with E-state index in [-0.39, 0.29) is 12.4 Å². The van der Waals surface area contributed by atoms with Crippen LogP contribution in [0.3, 0.4) is 0 Å². The van der Waals surface area contributed by atoms with E-state index in [2.05, 4.69) is 38.2 Å². The van der Waals surface area contributed by atoms with Crippen LogP contribution in [-0.4, -0.2) is 45.5 Å². The van der Waals surface area contributed by atoms with Crippen LogP contribution in [-0.2, 0) is 17.8 Å². The molecule has 2 N–H and O–H groups in total. The summed E-state index contributed by atoms with van der Waals surface area (Å²) in [5.74, 6) is 0.734. The smallest absolute Gasteiger partial charge is 0.290 e. The van der Waals surface area contributed by atoms with Gasteiger partial charge < -0.3 is 19.5 Å². The monoisotopic (exact) mass is 372 g/mol. The molecule has 8 heteroatoms. The van der Waals surface area contributed by atoms with Gasteiger partial charge in [0.05, 0.1) is 11.5 Å². The lowest BCUT2D eigenvalue weighted by atomic mass is 9.96. The van der Waals surface area contributed by atoms with E-state index in [0.717, 1.165) is 36.9 Å². The minimum absolute atomic E-state index is 0.250. The molecule has 0 saturated carbocycles. The lowest BCUT2D eigenvalue weighted by Gasteiger charge is -2.23. The number of nitrogens with zero attached hydrogens (tertiary/aromatic N) is 3. The van der Waals surface area contributed by atoms with E-state index in [4.69, 9.17) is 14.4 Å². The van der Waals surface area contributed by atoms with Crippen molar-refractivity contribution in [2.45, 2.75) is 37.9 Å². The van der Waals surface area contributed by atoms with Crippen LogP contribution in [0.1, 0.15) is 30.3 Å². The van der Waals surface area contributed by atoms with Crippen molar-refractivity contribution in [3.63, 3.8) is 0 Å². The number of alkyl halides is 1. The normalized spacial score (nSPS) is 21.5. The molecule has 0 unspecified atom stereocenters. The molecular weight excluding hydrogens is 351 g/mol. The number of carboxylic acid groups (broad SMARTS) is 1. The second kappa shape index (κ2) is 7.48. The number of rotatable bonds is 2. The SMILES string of the molecule is F[C@H]1CNCC[C@H]1c1nc(-c2c3n(c4ccccc24)CCC3)no1.O=CO. The molecule has 0 aliphatic carbocycles. The van der Waals surface area contributed by atoms with Crippen molar-refractivity contribution in [3.8, 4) is 11.4 Å². The summed E-state index contributed by atoms with van der Waals surface area (Å²) >= 11 is 0. The molecule has 2 atom stereocenters. The van der Waals surface area contributed by atoms with Gasteiger partial charge in [-0.25, -0.2) is 4.39 Å². The van der Waals surface area contributed by atoms with Crippen LogP contribution in [0.4, 0.5) is 4.39 Å². The van der Waals surface area contributed by atoms with Crippen molar-refractivity contribution in [1.82, 2.24) is 20.0 Å². The highest BCUT2D eigenvalue weighted by molar-refractivity contribution is 5.96. The summed E-state index contributed by atoms with van der Waals surface area (Å²) in [5.41, 5.74) is 3.55. The predicted molar refractivity (Wildman–Crippen MR) is 97.4 cm³/mol. The van der Waals surface area contributed by atoms with E-state index >= 15 is 0 Å². The third kappa shape index (κ3) is 3.10. The highest BCUT2D eigenvalue weighted by Crippen LogP contribution is 2.38. The van der Waals surface area contributed by atoms with E-state index < -0.39 is 6.17 Å². The van der Waals surface area contributed by atoms with Crippen LogP contribution in [0, 0.1) is 0 Å². The minimum atomic E-state index is -0.969. The maximum Gasteiger partial charge on any atom is 0.290 e. The lowest BCUT2D eigenvalue weighted by molar-refractivity contribution is -0.122. The number of para-hydroxylation sites is 1. The van der Waals surface area contributed by atoms with Gasteiger partial charge in [0.2, 0.25) is 11.7 Å². The van der Waals surface area contributed by atoms with Gasteiger partial charge in [0.1, 0.15) is 6.17 Å². The Labute approximate surface area is 155 Å². The Balaban J connectivity index is 0.000000565. The number of aromatic nitrogens is 3. The molecular formula is C19H21FN4O3. The van der Waals surface area contributed by atoms with E-state index in [1.165, 1.54) is 11.2 Å². The molecule has 27 heavy (non-hydrogen) atoms. The Morgan fingerprint density at radius 1 is 1.37 bits per heavy atom. The summed E-state index contributed by atoms with van der Waals surface area (Å²) in [4.78, 5) is 13.0. The fraction of sp³-hybridized carbons (Fsp3) is 0.421. The number of hydrogen-bond donors (Lipinski definition) is 2. The maximum absolute atomic E-state index is 14.2. The average molecular weight is 372 g/mol. The fourth-order valence-electron chi connectivity index (χ4n) is 4.11. The largest absolute Gasteiger partial charge is 0.483 e. The van der Waals surface area contributed by atoms with Gasteiger partial charge in [-0.15, -0.1) is 0 Å². The first-order chi connectivity index (χ1) is 13.2. The molecule has 1 fully saturated rings. The zero-order chi connectivity index (χ0) is 18.8. The standard InChI is InChI=1S/C18H19FN4O.CH2O2/c19-13-10-20-8-7-11(13)18-21-17(22-24-18)16-12-4-1-2-5-14(12)23-9-3-6-15(16)23;2-1-3/h1-2,4-5,11,13,20H,3,6-10H2;1H,(H,2,3)/t11-,13+;/m1./s1. The number of carbonyl (C=O) groups is 1. The average Bonchev–Trinajstić information content (AvgIpc) is 3.38. The van der Waals surface area contributed by atoms with Gasteiger partial charge in [0.25, 0.3) is 6.47 Å². The van der Waals surface area contributed by atoms with Gasteiger partial charge in [-0.05, 0) is 31.9 Å². The summed E-state index contributed by atoms with van der Waals surface area (Å²) in [6.07, 6.45) is 1.88. The van der Waals surface area contributed by atoms with Crippen molar-refractivity contribution >= 4 is 17.4 Å². The van der Waals surface area contributed by atoms with E-state index in [0.29, 0.717) is 24.7 Å². The number of hydrogen-bond acceptors (Lipinski definition) is 5. The number of piperidine rings is 1. The maximum atomic E-state index is 14.2. The summed E-state index contributed by atoms with van der Waals surface area (Å²) < 4.78 is 22.0. The molecule has 1 aromatic carbocycles. The van der Waals surface area contributed by atoms with Gasteiger partial charge in [-0.1, -0.05) is 23.4 Å². The van der Waals surface area contributed by atoms with Crippen molar-refractivity contribution in [2.24, 2.45) is 0 Å². The van der Waals surface area contributed by atoms with Crippen molar-refractivity contribution < 1.29 is 18.8 Å². The zero-order valence-corrected chi connectivity index (χ0v) is 14.8. The van der Waals surface area contributed by atoms with E-state index in [1.807, 2.05) is 6.07 Å². The summed E-state index contributed by atoms with van der Waals surface area (Å²) in [7, 11) is 0. The molecule has 0 radical (unpaired) electrons. The molecule has 7 nitrogen and oxygen atoms in total. The molecule has 2 aliphatic heterocycles. The molecule has 2 aliphatic rings. The third-order valence-electron chi connectivity index (χ3n) is 5.26. The topological polar surface area (TPSA) is 93.2 Å². The predicted octanol–water partition coefficient (Wildman–Crippen LogP) is 2.75. The van der Waals surface area contributed by atoms with Gasteiger partial charge >= 0.3 is 0 Å². The molecule has 1 saturated heterocycles. The Kier molecular flexibility index (Phi) is 4.89. The molecule has 4 heterocycles. The van der Waals surface area contributed by atoms with Gasteiger partial charge in [0, 0.05) is 29.7 Å². The van der Waals surface area contributed by atoms with Crippen LogP contribution >= 0.6 is 0 Å². The second-order valence-corrected chi connectivity index (χ2v) is 6.77. The van der Waals surface area contributed by atoms with Gasteiger partial charge in [0.15, 0.2) is 0 Å². The number of benzene rings is 1. The minimum Gasteiger partial charge on any atom is -0.483 e. The van der Waals surface area contributed by atoms with Gasteiger partial charge in [-0.2, -0.15) is 4.98 Å². The van der Waals surface area contributed by atoms with Crippen LogP contribution in [0.5, 0.6) is 0 Å². The Bertz CT molecular complexity index is 952. The summed E-state index contributed by atoms with van der Waals surface area (Å²) in [6.45, 7) is 1.92. The third-order valence-corrected chi connectivity index (χ3v) is 5.26. The molecule has 3 aromatic rings. The quantitative estimate of drug-likeness (QED) is 0.672. The first-order valence-corrected chi connectivity index (χ1v) is 9.11. The molecule has 0 bridgehead atoms. The van der Waals surface area contributed by atoms with Crippen molar-refractivity contribution in [1.29, 1.82) is 0 Å². The van der Waals surface area contributed by atoms with E-state index in [9.17, 15) is 4.39 Å². The molecule has 142 valence electrons. The van der Waals surface area contributed by atoms with Crippen molar-refractivity contribution in [3.05, 3.63) is 35.9 Å². The highest BCUT2D eigenvalue weighted by atomic mass is 19.1. The van der Waals surface area contributed by atoms with Gasteiger partial charge in [-0.3, -0.25) is 4.79 Å². The van der Waals surface area contributed by atoms with Crippen LogP contribution in [0.25, 0.3) is 22.3 Å². The fourth-order valence-corrected chi connectivity index (χ4v) is 4.11. The number of aryl methyl sites for hydroxylation is 1. The number of fused-ring (bicyclic) bond motifs is 3. The summed E-state index contributed by atoms with van der Waals surface area (Å²) in [6, 6.07) is 8.34. The lowest BCUT2D eigenvalue weighted by Crippen LogP contribution is -2.36. The summed E-state index contributed by atoms with van der Waals surface area (Å²) in [5, 5.41) is 15.3. The molecule has 0 amide bonds. The Morgan fingerprint density at radius 2 is 2.19 bits per heavy atom. The highest BCUT2D eigenvalue weighted by Gasteiger charge is 2.32. The van der Waals surface area contributed by atoms with Crippen molar-refractivity contribution in [2.75, 3.05) is 13.1 Å². The molecule has 0 spiro atoms. The second-order valence-electron chi connectivity index (χ2n) is 6.77. The number of nitrogens with one attached hydrogen (secondary N) is 1. The first-order valence-electron chi connectivity index (χ1n) is 9.11. The Hall–Kier alpha value is -2.74. The van der Waals surface area contributed by atoms with E-state index in [1.54, 1.807) is 0 Å². The number of halogens is 1. The zero-order valence-electron chi connectivity index (χ0n) is 14.8. The Morgan fingerprint density at radius 3 is 3.00 bits per heavy atom. The van der Waals surface area contributed by atoms with Crippen LogP contribution < -0.4 is 5.32 Å². The van der Waals surface area contributed by atoms with Crippen LogP contribution in [0.15, 0.2) is 28.8 Å².